The van der Waals surface area contributed by atoms with E-state index in [-0.39, 0.29) is 5.56 Å². The molecule has 0 saturated heterocycles. The fourth-order valence-corrected chi connectivity index (χ4v) is 3.99. The third-order valence-corrected chi connectivity index (χ3v) is 5.26. The molecule has 5 nitrogen and oxygen atoms in total. The minimum Gasteiger partial charge on any atom is -0.460 e. The molecule has 0 unspecified atom stereocenters. The van der Waals surface area contributed by atoms with Crippen LogP contribution in [-0.2, 0) is 12.0 Å². The van der Waals surface area contributed by atoms with Crippen molar-refractivity contribution in [2.45, 2.75) is 12.0 Å². The minimum absolute atomic E-state index is 0.157. The van der Waals surface area contributed by atoms with E-state index >= 15 is 0 Å². The Morgan fingerprint density at radius 3 is 2.28 bits per heavy atom. The Hall–Kier alpha value is -2.99. The topological polar surface area (TPSA) is 56.5 Å². The van der Waals surface area contributed by atoms with Gasteiger partial charge < -0.3 is 4.74 Å². The van der Waals surface area contributed by atoms with Crippen molar-refractivity contribution in [3.05, 3.63) is 93.2 Å². The van der Waals surface area contributed by atoms with Crippen LogP contribution in [0.1, 0.15) is 16.7 Å². The molecule has 0 radical (unpaired) electrons. The first-order chi connectivity index (χ1) is 12.3. The Morgan fingerprint density at radius 1 is 1.00 bits per heavy atom. The molecule has 2 aromatic heterocycles. The van der Waals surface area contributed by atoms with Gasteiger partial charge in [0.15, 0.2) is 5.60 Å². The van der Waals surface area contributed by atoms with Crippen LogP contribution in [0.4, 0.5) is 0 Å². The van der Waals surface area contributed by atoms with Gasteiger partial charge in [0, 0.05) is 17.5 Å². The Balaban J connectivity index is 1.76. The van der Waals surface area contributed by atoms with E-state index in [1.807, 2.05) is 60.7 Å². The lowest BCUT2D eigenvalue weighted by molar-refractivity contribution is 0.135. The number of aromatic nitrogens is 3. The quantitative estimate of drug-likeness (QED) is 0.559. The molecule has 0 spiro atoms. The number of ether oxygens (including phenoxy) is 1. The number of hydrogen-bond donors (Lipinski definition) is 0. The first-order valence-electron chi connectivity index (χ1n) is 7.93. The minimum atomic E-state index is -0.749. The lowest BCUT2D eigenvalue weighted by Crippen LogP contribution is -2.33. The van der Waals surface area contributed by atoms with Crippen LogP contribution in [0.25, 0.3) is 4.96 Å². The third-order valence-electron chi connectivity index (χ3n) is 4.58. The van der Waals surface area contributed by atoms with Crippen molar-refractivity contribution in [1.82, 2.24) is 14.6 Å². The molecule has 4 aromatic rings. The van der Waals surface area contributed by atoms with Crippen LogP contribution in [0.3, 0.4) is 0 Å². The molecular formula is C19H13N3O2S. The van der Waals surface area contributed by atoms with Crippen molar-refractivity contribution in [2.75, 3.05) is 0 Å². The monoisotopic (exact) mass is 347 g/mol. The maximum Gasteiger partial charge on any atom is 0.282 e. The molecule has 1 aliphatic rings. The standard InChI is InChI=1S/C19H13N3O2S/c23-17-15-11-19(13-7-3-1-4-8-13,14-9-5-2-6-10-14)24-16(15)21-18-22(17)20-12-25-18/h1-10,12H,11H2. The predicted molar refractivity (Wildman–Crippen MR) is 95.1 cm³/mol. The van der Waals surface area contributed by atoms with E-state index < -0.39 is 5.60 Å². The summed E-state index contributed by atoms with van der Waals surface area (Å²) in [5, 5.41) is 4.09. The van der Waals surface area contributed by atoms with Gasteiger partial charge in [-0.15, -0.1) is 0 Å². The Labute approximate surface area is 147 Å². The van der Waals surface area contributed by atoms with Crippen LogP contribution < -0.4 is 10.3 Å². The molecule has 3 heterocycles. The maximum absolute atomic E-state index is 12.8. The van der Waals surface area contributed by atoms with E-state index in [1.165, 1.54) is 15.9 Å². The van der Waals surface area contributed by atoms with Crippen LogP contribution in [0.5, 0.6) is 5.88 Å². The normalized spacial score (nSPS) is 15.0. The average Bonchev–Trinajstić information content (AvgIpc) is 3.29. The van der Waals surface area contributed by atoms with Crippen molar-refractivity contribution >= 4 is 16.3 Å². The summed E-state index contributed by atoms with van der Waals surface area (Å²) in [5.74, 6) is 0.405. The van der Waals surface area contributed by atoms with Crippen molar-refractivity contribution in [3.63, 3.8) is 0 Å². The lowest BCUT2D eigenvalue weighted by Gasteiger charge is -2.29. The summed E-state index contributed by atoms with van der Waals surface area (Å²) in [7, 11) is 0. The van der Waals surface area contributed by atoms with E-state index in [1.54, 1.807) is 5.51 Å². The molecule has 1 aliphatic heterocycles. The summed E-state index contributed by atoms with van der Waals surface area (Å²) in [6, 6.07) is 20.0. The second kappa shape index (κ2) is 5.26. The molecule has 6 heteroatoms. The molecule has 0 amide bonds. The molecule has 0 fully saturated rings. The van der Waals surface area contributed by atoms with E-state index in [9.17, 15) is 4.79 Å². The smallest absolute Gasteiger partial charge is 0.282 e. The highest BCUT2D eigenvalue weighted by Gasteiger charge is 2.45. The van der Waals surface area contributed by atoms with Crippen LogP contribution in [-0.4, -0.2) is 14.6 Å². The van der Waals surface area contributed by atoms with Crippen molar-refractivity contribution < 1.29 is 4.74 Å². The Morgan fingerprint density at radius 2 is 1.64 bits per heavy atom. The number of fused-ring (bicyclic) bond motifs is 2. The summed E-state index contributed by atoms with van der Waals surface area (Å²) in [6.07, 6.45) is 0.433. The Kier molecular flexibility index (Phi) is 3.02. The molecule has 0 bridgehead atoms. The molecule has 122 valence electrons. The molecule has 2 aromatic carbocycles. The number of rotatable bonds is 2. The highest BCUT2D eigenvalue weighted by Crippen LogP contribution is 2.43. The summed E-state index contributed by atoms with van der Waals surface area (Å²) < 4.78 is 7.73. The molecule has 0 atom stereocenters. The zero-order chi connectivity index (χ0) is 16.9. The van der Waals surface area contributed by atoms with Gasteiger partial charge >= 0.3 is 0 Å². The first-order valence-corrected chi connectivity index (χ1v) is 8.81. The van der Waals surface area contributed by atoms with Crippen LogP contribution in [0.15, 0.2) is 71.0 Å². The number of hydrogen-bond acceptors (Lipinski definition) is 5. The summed E-state index contributed by atoms with van der Waals surface area (Å²) in [6.45, 7) is 0. The largest absolute Gasteiger partial charge is 0.460 e. The molecule has 0 aliphatic carbocycles. The van der Waals surface area contributed by atoms with Gasteiger partial charge in [0.25, 0.3) is 5.56 Å². The second-order valence-corrected chi connectivity index (χ2v) is 6.78. The van der Waals surface area contributed by atoms with E-state index in [2.05, 4.69) is 10.1 Å². The summed E-state index contributed by atoms with van der Waals surface area (Å²) >= 11 is 1.32. The summed E-state index contributed by atoms with van der Waals surface area (Å²) in [5.41, 5.74) is 3.27. The number of benzene rings is 2. The average molecular weight is 347 g/mol. The summed E-state index contributed by atoms with van der Waals surface area (Å²) in [4.78, 5) is 17.9. The van der Waals surface area contributed by atoms with Crippen LogP contribution in [0.2, 0.25) is 0 Å². The van der Waals surface area contributed by atoms with Gasteiger partial charge in [-0.3, -0.25) is 4.79 Å². The maximum atomic E-state index is 12.8. The van der Waals surface area contributed by atoms with Gasteiger partial charge in [0.1, 0.15) is 5.51 Å². The molecule has 5 rings (SSSR count). The predicted octanol–water partition coefficient (Wildman–Crippen LogP) is 3.03. The van der Waals surface area contributed by atoms with E-state index in [0.717, 1.165) is 11.1 Å². The van der Waals surface area contributed by atoms with Crippen LogP contribution >= 0.6 is 11.3 Å². The van der Waals surface area contributed by atoms with E-state index in [4.69, 9.17) is 4.74 Å². The SMILES string of the molecule is O=c1c2c(nc3scnn13)OC(c1ccccc1)(c1ccccc1)C2. The van der Waals surface area contributed by atoms with Crippen molar-refractivity contribution in [3.8, 4) is 5.88 Å². The zero-order valence-electron chi connectivity index (χ0n) is 13.1. The fraction of sp³-hybridized carbons (Fsp3) is 0.105. The van der Waals surface area contributed by atoms with Gasteiger partial charge in [0.05, 0.1) is 5.56 Å². The molecule has 25 heavy (non-hydrogen) atoms. The van der Waals surface area contributed by atoms with Gasteiger partial charge in [-0.1, -0.05) is 72.0 Å². The first kappa shape index (κ1) is 14.4. The van der Waals surface area contributed by atoms with Gasteiger partial charge in [-0.05, 0) is 0 Å². The zero-order valence-corrected chi connectivity index (χ0v) is 13.9. The highest BCUT2D eigenvalue weighted by molar-refractivity contribution is 7.14. The molecule has 0 saturated carbocycles. The van der Waals surface area contributed by atoms with Gasteiger partial charge in [-0.2, -0.15) is 14.6 Å². The van der Waals surface area contributed by atoms with Crippen LogP contribution in [0, 0.1) is 0 Å². The van der Waals surface area contributed by atoms with Crippen molar-refractivity contribution in [1.29, 1.82) is 0 Å². The van der Waals surface area contributed by atoms with Gasteiger partial charge in [0.2, 0.25) is 10.8 Å². The Bertz CT molecular complexity index is 1080. The second-order valence-electron chi connectivity index (χ2n) is 5.97. The third kappa shape index (κ3) is 2.04. The van der Waals surface area contributed by atoms with E-state index in [0.29, 0.717) is 22.8 Å². The number of nitrogens with zero attached hydrogens (tertiary/aromatic N) is 3. The van der Waals surface area contributed by atoms with Crippen molar-refractivity contribution in [2.24, 2.45) is 0 Å². The highest BCUT2D eigenvalue weighted by atomic mass is 32.1. The lowest BCUT2D eigenvalue weighted by atomic mass is 9.83. The molecular weight excluding hydrogens is 334 g/mol. The fourth-order valence-electron chi connectivity index (χ4n) is 3.39. The molecule has 0 N–H and O–H groups in total. The van der Waals surface area contributed by atoms with Gasteiger partial charge in [-0.25, -0.2) is 0 Å².